The standard InChI is InChI=1S/C19H20F2N2O/c1-23(17-8-6-15(20)7-9-17)18(24)22-19(10-3-11-19)13-14-4-2-5-16(21)12-14/h2,4-9,12H,3,10-11,13H2,1H3,(H,22,24). The molecule has 2 aromatic rings. The zero-order valence-corrected chi connectivity index (χ0v) is 13.6. The summed E-state index contributed by atoms with van der Waals surface area (Å²) >= 11 is 0. The first-order chi connectivity index (χ1) is 11.5. The molecule has 3 nitrogen and oxygen atoms in total. The number of rotatable bonds is 4. The fourth-order valence-electron chi connectivity index (χ4n) is 3.08. The Bertz CT molecular complexity index is 726. The summed E-state index contributed by atoms with van der Waals surface area (Å²) in [6, 6.07) is 12.0. The van der Waals surface area contributed by atoms with Crippen LogP contribution in [0.3, 0.4) is 0 Å². The first kappa shape index (κ1) is 16.4. The smallest absolute Gasteiger partial charge is 0.322 e. The average Bonchev–Trinajstić information content (AvgIpc) is 2.52. The molecular weight excluding hydrogens is 310 g/mol. The predicted molar refractivity (Wildman–Crippen MR) is 90.0 cm³/mol. The quantitative estimate of drug-likeness (QED) is 0.892. The third-order valence-electron chi connectivity index (χ3n) is 4.63. The molecule has 1 N–H and O–H groups in total. The van der Waals surface area contributed by atoms with Crippen LogP contribution < -0.4 is 10.2 Å². The molecule has 0 aromatic heterocycles. The molecule has 5 heteroatoms. The number of nitrogens with one attached hydrogen (secondary N) is 1. The van der Waals surface area contributed by atoms with Crippen molar-refractivity contribution in [3.8, 4) is 0 Å². The van der Waals surface area contributed by atoms with E-state index in [-0.39, 0.29) is 23.2 Å². The summed E-state index contributed by atoms with van der Waals surface area (Å²) in [5.74, 6) is -0.606. The van der Waals surface area contributed by atoms with Gasteiger partial charge in [0.15, 0.2) is 0 Å². The number of benzene rings is 2. The number of anilines is 1. The maximum absolute atomic E-state index is 13.4. The average molecular weight is 330 g/mol. The lowest BCUT2D eigenvalue weighted by Crippen LogP contribution is -2.58. The summed E-state index contributed by atoms with van der Waals surface area (Å²) in [7, 11) is 1.65. The number of carbonyl (C=O) groups is 1. The third kappa shape index (κ3) is 3.55. The molecule has 0 heterocycles. The van der Waals surface area contributed by atoms with Crippen LogP contribution in [0.15, 0.2) is 48.5 Å². The molecule has 0 radical (unpaired) electrons. The second-order valence-electron chi connectivity index (χ2n) is 6.41. The molecule has 1 aliphatic carbocycles. The van der Waals surface area contributed by atoms with Crippen molar-refractivity contribution in [2.75, 3.05) is 11.9 Å². The Labute approximate surface area is 140 Å². The van der Waals surface area contributed by atoms with Crippen molar-refractivity contribution in [2.45, 2.75) is 31.2 Å². The van der Waals surface area contributed by atoms with Crippen LogP contribution in [0.5, 0.6) is 0 Å². The molecular formula is C19H20F2N2O. The number of hydrogen-bond acceptors (Lipinski definition) is 1. The van der Waals surface area contributed by atoms with E-state index in [9.17, 15) is 13.6 Å². The van der Waals surface area contributed by atoms with Gasteiger partial charge in [-0.3, -0.25) is 4.90 Å². The van der Waals surface area contributed by atoms with Gasteiger partial charge in [-0.05, 0) is 67.6 Å². The van der Waals surface area contributed by atoms with Gasteiger partial charge in [0, 0.05) is 18.3 Å². The van der Waals surface area contributed by atoms with Gasteiger partial charge in [0.25, 0.3) is 0 Å². The van der Waals surface area contributed by atoms with Gasteiger partial charge in [-0.25, -0.2) is 13.6 Å². The normalized spacial score (nSPS) is 15.5. The first-order valence-electron chi connectivity index (χ1n) is 8.03. The third-order valence-corrected chi connectivity index (χ3v) is 4.63. The van der Waals surface area contributed by atoms with Gasteiger partial charge in [0.05, 0.1) is 0 Å². The van der Waals surface area contributed by atoms with E-state index in [1.807, 2.05) is 6.07 Å². The second kappa shape index (κ2) is 6.59. The number of amides is 2. The SMILES string of the molecule is CN(C(=O)NC1(Cc2cccc(F)c2)CCC1)c1ccc(F)cc1. The lowest BCUT2D eigenvalue weighted by Gasteiger charge is -2.43. The summed E-state index contributed by atoms with van der Waals surface area (Å²) in [5.41, 5.74) is 1.16. The Morgan fingerprint density at radius 3 is 2.42 bits per heavy atom. The number of urea groups is 1. The topological polar surface area (TPSA) is 32.3 Å². The van der Waals surface area contributed by atoms with E-state index in [1.165, 1.54) is 29.2 Å². The van der Waals surface area contributed by atoms with E-state index in [1.54, 1.807) is 25.2 Å². The molecule has 0 bridgehead atoms. The van der Waals surface area contributed by atoms with Gasteiger partial charge in [0.2, 0.25) is 0 Å². The molecule has 2 aromatic carbocycles. The summed E-state index contributed by atoms with van der Waals surface area (Å²) in [5, 5.41) is 3.08. The van der Waals surface area contributed by atoms with Crippen LogP contribution in [0.2, 0.25) is 0 Å². The summed E-state index contributed by atoms with van der Waals surface area (Å²) in [4.78, 5) is 14.0. The van der Waals surface area contributed by atoms with Crippen LogP contribution in [0.4, 0.5) is 19.3 Å². The molecule has 0 atom stereocenters. The zero-order chi connectivity index (χ0) is 17.2. The van der Waals surface area contributed by atoms with Crippen molar-refractivity contribution >= 4 is 11.7 Å². The monoisotopic (exact) mass is 330 g/mol. The molecule has 24 heavy (non-hydrogen) atoms. The Hall–Kier alpha value is -2.43. The summed E-state index contributed by atoms with van der Waals surface area (Å²) in [6.45, 7) is 0. The fourth-order valence-corrected chi connectivity index (χ4v) is 3.08. The summed E-state index contributed by atoms with van der Waals surface area (Å²) < 4.78 is 26.4. The lowest BCUT2D eigenvalue weighted by atomic mass is 9.73. The molecule has 0 spiro atoms. The Balaban J connectivity index is 1.70. The molecule has 3 rings (SSSR count). The van der Waals surface area contributed by atoms with Gasteiger partial charge in [-0.1, -0.05) is 12.1 Å². The number of halogens is 2. The molecule has 1 saturated carbocycles. The number of carbonyl (C=O) groups excluding carboxylic acids is 1. The van der Waals surface area contributed by atoms with Crippen LogP contribution >= 0.6 is 0 Å². The first-order valence-corrected chi connectivity index (χ1v) is 8.03. The highest BCUT2D eigenvalue weighted by Gasteiger charge is 2.39. The molecule has 0 unspecified atom stereocenters. The van der Waals surface area contributed by atoms with Gasteiger partial charge in [-0.2, -0.15) is 0 Å². The Morgan fingerprint density at radius 2 is 1.83 bits per heavy atom. The van der Waals surface area contributed by atoms with Crippen molar-refractivity contribution in [1.29, 1.82) is 0 Å². The van der Waals surface area contributed by atoms with Crippen LogP contribution in [0.25, 0.3) is 0 Å². The largest absolute Gasteiger partial charge is 0.332 e. The maximum Gasteiger partial charge on any atom is 0.322 e. The van der Waals surface area contributed by atoms with Crippen LogP contribution in [0, 0.1) is 11.6 Å². The lowest BCUT2D eigenvalue weighted by molar-refractivity contribution is 0.180. The van der Waals surface area contributed by atoms with Gasteiger partial charge in [0.1, 0.15) is 11.6 Å². The van der Waals surface area contributed by atoms with Crippen molar-refractivity contribution in [2.24, 2.45) is 0 Å². The van der Waals surface area contributed by atoms with E-state index < -0.39 is 0 Å². The second-order valence-corrected chi connectivity index (χ2v) is 6.41. The van der Waals surface area contributed by atoms with Gasteiger partial charge in [-0.15, -0.1) is 0 Å². The highest BCUT2D eigenvalue weighted by molar-refractivity contribution is 5.91. The maximum atomic E-state index is 13.4. The fraction of sp³-hybridized carbons (Fsp3) is 0.316. The van der Waals surface area contributed by atoms with E-state index in [0.29, 0.717) is 12.1 Å². The number of hydrogen-bond donors (Lipinski definition) is 1. The highest BCUT2D eigenvalue weighted by atomic mass is 19.1. The van der Waals surface area contributed by atoms with Gasteiger partial charge < -0.3 is 5.32 Å². The number of nitrogens with zero attached hydrogens (tertiary/aromatic N) is 1. The van der Waals surface area contributed by atoms with Crippen molar-refractivity contribution in [3.05, 3.63) is 65.7 Å². The van der Waals surface area contributed by atoms with Crippen LogP contribution in [0.1, 0.15) is 24.8 Å². The minimum Gasteiger partial charge on any atom is -0.332 e. The molecule has 1 aliphatic rings. The van der Waals surface area contributed by atoms with Crippen molar-refractivity contribution in [3.63, 3.8) is 0 Å². The minimum atomic E-state index is -0.339. The van der Waals surface area contributed by atoms with Gasteiger partial charge >= 0.3 is 6.03 Å². The van der Waals surface area contributed by atoms with E-state index >= 15 is 0 Å². The van der Waals surface area contributed by atoms with E-state index in [2.05, 4.69) is 5.32 Å². The summed E-state index contributed by atoms with van der Waals surface area (Å²) in [6.07, 6.45) is 3.38. The van der Waals surface area contributed by atoms with Crippen LogP contribution in [-0.4, -0.2) is 18.6 Å². The van der Waals surface area contributed by atoms with Crippen molar-refractivity contribution in [1.82, 2.24) is 5.32 Å². The van der Waals surface area contributed by atoms with E-state index in [4.69, 9.17) is 0 Å². The molecule has 0 aliphatic heterocycles. The molecule has 2 amide bonds. The molecule has 1 fully saturated rings. The molecule has 0 saturated heterocycles. The Kier molecular flexibility index (Phi) is 4.51. The highest BCUT2D eigenvalue weighted by Crippen LogP contribution is 2.35. The van der Waals surface area contributed by atoms with Crippen molar-refractivity contribution < 1.29 is 13.6 Å². The Morgan fingerprint density at radius 1 is 1.12 bits per heavy atom. The van der Waals surface area contributed by atoms with Crippen LogP contribution in [-0.2, 0) is 6.42 Å². The minimum absolute atomic E-state index is 0.238. The predicted octanol–water partition coefficient (Wildman–Crippen LogP) is 4.28. The molecule has 126 valence electrons. The van der Waals surface area contributed by atoms with E-state index in [0.717, 1.165) is 24.8 Å². The zero-order valence-electron chi connectivity index (χ0n) is 13.6.